The minimum Gasteiger partial charge on any atom is -0.473 e. The third-order valence-electron chi connectivity index (χ3n) is 6.53. The quantitative estimate of drug-likeness (QED) is 0.341. The van der Waals surface area contributed by atoms with Gasteiger partial charge in [0.1, 0.15) is 5.69 Å². The first-order chi connectivity index (χ1) is 19.1. The number of aromatic nitrogens is 3. The molecule has 212 valence electrons. The molecule has 1 aromatic carbocycles. The summed E-state index contributed by atoms with van der Waals surface area (Å²) >= 11 is 0. The van der Waals surface area contributed by atoms with Crippen LogP contribution in [0.4, 0.5) is 33.2 Å². The van der Waals surface area contributed by atoms with Crippen molar-refractivity contribution < 1.29 is 13.9 Å². The molecule has 0 bridgehead atoms. The Hall–Kier alpha value is -4.25. The third-order valence-corrected chi connectivity index (χ3v) is 6.53. The Morgan fingerprint density at radius 3 is 2.67 bits per heavy atom. The first-order valence-corrected chi connectivity index (χ1v) is 13.2. The molecule has 40 heavy (non-hydrogen) atoms. The summed E-state index contributed by atoms with van der Waals surface area (Å²) in [5.41, 5.74) is 3.25. The lowest BCUT2D eigenvalue weighted by Gasteiger charge is -2.25. The van der Waals surface area contributed by atoms with Crippen LogP contribution in [0.2, 0.25) is 0 Å². The monoisotopic (exact) mass is 548 g/mol. The van der Waals surface area contributed by atoms with Gasteiger partial charge < -0.3 is 30.1 Å². The summed E-state index contributed by atoms with van der Waals surface area (Å²) in [5, 5.41) is 6.00. The molecule has 1 atom stereocenters. The highest BCUT2D eigenvalue weighted by Gasteiger charge is 2.31. The number of halogens is 1. The molecule has 0 saturated carbocycles. The minimum absolute atomic E-state index is 0.183. The van der Waals surface area contributed by atoms with E-state index in [-0.39, 0.29) is 23.9 Å². The van der Waals surface area contributed by atoms with E-state index in [0.29, 0.717) is 41.9 Å². The molecule has 2 aromatic heterocycles. The fraction of sp³-hybridized carbons (Fsp3) is 0.379. The number of amides is 1. The summed E-state index contributed by atoms with van der Waals surface area (Å²) in [6.07, 6.45) is 2.18. The summed E-state index contributed by atoms with van der Waals surface area (Å²) < 4.78 is 21.1. The Bertz CT molecular complexity index is 1380. The lowest BCUT2D eigenvalue weighted by Crippen LogP contribution is -2.30. The average molecular weight is 549 g/mol. The van der Waals surface area contributed by atoms with Crippen molar-refractivity contribution in [3.8, 4) is 5.88 Å². The number of pyridine rings is 1. The molecule has 10 nitrogen and oxygen atoms in total. The first-order valence-electron chi connectivity index (χ1n) is 13.2. The van der Waals surface area contributed by atoms with Crippen LogP contribution >= 0.6 is 0 Å². The second-order valence-corrected chi connectivity index (χ2v) is 10.3. The summed E-state index contributed by atoms with van der Waals surface area (Å²) in [5.74, 6) is -0.0765. The predicted molar refractivity (Wildman–Crippen MR) is 157 cm³/mol. The van der Waals surface area contributed by atoms with Crippen molar-refractivity contribution in [1.29, 1.82) is 0 Å². The van der Waals surface area contributed by atoms with Gasteiger partial charge in [-0.2, -0.15) is 4.98 Å². The number of hydrogen-bond acceptors (Lipinski definition) is 9. The van der Waals surface area contributed by atoms with Crippen LogP contribution in [0.3, 0.4) is 0 Å². The van der Waals surface area contributed by atoms with Gasteiger partial charge in [0.25, 0.3) is 0 Å². The number of carbonyl (C=O) groups is 1. The van der Waals surface area contributed by atoms with Gasteiger partial charge in [-0.3, -0.25) is 4.79 Å². The second-order valence-electron chi connectivity index (χ2n) is 10.3. The van der Waals surface area contributed by atoms with E-state index in [9.17, 15) is 4.79 Å². The lowest BCUT2D eigenvalue weighted by molar-refractivity contribution is -0.111. The molecule has 0 radical (unpaired) electrons. The highest BCUT2D eigenvalue weighted by molar-refractivity contribution is 6.01. The summed E-state index contributed by atoms with van der Waals surface area (Å²) in [7, 11) is 7.85. The van der Waals surface area contributed by atoms with Gasteiger partial charge in [-0.25, -0.2) is 14.4 Å². The summed E-state index contributed by atoms with van der Waals surface area (Å²) in [6, 6.07) is 9.65. The van der Waals surface area contributed by atoms with Crippen LogP contribution in [-0.2, 0) is 4.79 Å². The molecule has 11 heteroatoms. The number of nitrogens with one attached hydrogen (secondary N) is 2. The van der Waals surface area contributed by atoms with Crippen molar-refractivity contribution >= 4 is 34.7 Å². The Balaban J connectivity index is 1.74. The highest BCUT2D eigenvalue weighted by atomic mass is 19.1. The van der Waals surface area contributed by atoms with Crippen molar-refractivity contribution in [2.45, 2.75) is 25.9 Å². The lowest BCUT2D eigenvalue weighted by atomic mass is 9.97. The van der Waals surface area contributed by atoms with Crippen LogP contribution in [-0.4, -0.2) is 79.7 Å². The standard InChI is InChI=1S/C29H37FN8O2/c1-8-25(39)32-22-15-23(28(40-18(2)3)35-27(22)37(6)14-13-36(4)5)33-29-31-16-21(30)26(34-29)20-17-38(7)24-12-10-9-11-19(20)24/h8-12,15-16,18,20H,1,13-14,17H2,2-7H3,(H,32,39)(H,31,33,34). The van der Waals surface area contributed by atoms with Gasteiger partial charge in [0.15, 0.2) is 11.6 Å². The molecule has 1 aliphatic rings. The van der Waals surface area contributed by atoms with Gasteiger partial charge in [-0.15, -0.1) is 0 Å². The molecule has 0 spiro atoms. The smallest absolute Gasteiger partial charge is 0.247 e. The largest absolute Gasteiger partial charge is 0.473 e. The summed E-state index contributed by atoms with van der Waals surface area (Å²) in [4.78, 5) is 32.0. The van der Waals surface area contributed by atoms with Gasteiger partial charge in [-0.1, -0.05) is 24.8 Å². The van der Waals surface area contributed by atoms with Gasteiger partial charge >= 0.3 is 0 Å². The number of likely N-dealkylation sites (N-methyl/N-ethyl adjacent to an activating group) is 3. The SMILES string of the molecule is C=CC(=O)Nc1cc(Nc2ncc(F)c(C3CN(C)c4ccccc43)n2)c(OC(C)C)nc1N(C)CCN(C)C. The molecule has 4 rings (SSSR count). The average Bonchev–Trinajstić information content (AvgIpc) is 3.25. The van der Waals surface area contributed by atoms with Crippen LogP contribution < -0.4 is 25.2 Å². The van der Waals surface area contributed by atoms with Crippen LogP contribution in [0.5, 0.6) is 5.88 Å². The molecule has 3 aromatic rings. The maximum atomic E-state index is 15.1. The van der Waals surface area contributed by atoms with Crippen LogP contribution in [0.1, 0.15) is 31.0 Å². The number of ether oxygens (including phenoxy) is 1. The number of carbonyl (C=O) groups excluding carboxylic acids is 1. The Morgan fingerprint density at radius 1 is 1.23 bits per heavy atom. The van der Waals surface area contributed by atoms with E-state index >= 15 is 4.39 Å². The molecule has 2 N–H and O–H groups in total. The third kappa shape index (κ3) is 6.48. The Labute approximate surface area is 234 Å². The number of benzene rings is 1. The fourth-order valence-corrected chi connectivity index (χ4v) is 4.55. The first kappa shape index (κ1) is 28.8. The van der Waals surface area contributed by atoms with Crippen LogP contribution in [0, 0.1) is 5.82 Å². The van der Waals surface area contributed by atoms with E-state index in [4.69, 9.17) is 9.72 Å². The topological polar surface area (TPSA) is 98.8 Å². The molecule has 1 aliphatic heterocycles. The Morgan fingerprint density at radius 2 is 1.98 bits per heavy atom. The molecular formula is C29H37FN8O2. The molecule has 3 heterocycles. The Kier molecular flexibility index (Phi) is 8.83. The van der Waals surface area contributed by atoms with Gasteiger partial charge in [0, 0.05) is 45.3 Å². The van der Waals surface area contributed by atoms with Crippen LogP contribution in [0.15, 0.2) is 49.2 Å². The molecular weight excluding hydrogens is 511 g/mol. The van der Waals surface area contributed by atoms with E-state index in [1.54, 1.807) is 6.07 Å². The minimum atomic E-state index is -0.478. The molecule has 1 amide bonds. The van der Waals surface area contributed by atoms with Crippen molar-refractivity contribution in [1.82, 2.24) is 19.9 Å². The predicted octanol–water partition coefficient (Wildman–Crippen LogP) is 4.25. The van der Waals surface area contributed by atoms with E-state index in [2.05, 4.69) is 37.0 Å². The van der Waals surface area contributed by atoms with Crippen molar-refractivity contribution in [3.05, 3.63) is 66.3 Å². The molecule has 0 fully saturated rings. The van der Waals surface area contributed by atoms with Gasteiger partial charge in [-0.05, 0) is 51.7 Å². The van der Waals surface area contributed by atoms with E-state index in [1.807, 2.05) is 71.2 Å². The van der Waals surface area contributed by atoms with Crippen molar-refractivity contribution in [3.63, 3.8) is 0 Å². The van der Waals surface area contributed by atoms with E-state index < -0.39 is 5.82 Å². The highest BCUT2D eigenvalue weighted by Crippen LogP contribution is 2.40. The van der Waals surface area contributed by atoms with Gasteiger partial charge in [0.2, 0.25) is 17.7 Å². The van der Waals surface area contributed by atoms with Gasteiger partial charge in [0.05, 0.1) is 23.7 Å². The summed E-state index contributed by atoms with van der Waals surface area (Å²) in [6.45, 7) is 9.39. The fourth-order valence-electron chi connectivity index (χ4n) is 4.55. The molecule has 1 unspecified atom stereocenters. The molecule has 0 saturated heterocycles. The zero-order valence-corrected chi connectivity index (χ0v) is 23.9. The number of anilines is 5. The number of para-hydroxylation sites is 1. The number of fused-ring (bicyclic) bond motifs is 1. The van der Waals surface area contributed by atoms with Crippen molar-refractivity contribution in [2.24, 2.45) is 0 Å². The maximum Gasteiger partial charge on any atom is 0.247 e. The zero-order valence-electron chi connectivity index (χ0n) is 23.9. The number of rotatable bonds is 11. The van der Waals surface area contributed by atoms with E-state index in [1.165, 1.54) is 12.3 Å². The van der Waals surface area contributed by atoms with E-state index in [0.717, 1.165) is 17.8 Å². The van der Waals surface area contributed by atoms with Crippen LogP contribution in [0.25, 0.3) is 0 Å². The molecule has 0 aliphatic carbocycles. The zero-order chi connectivity index (χ0) is 29.0. The normalized spacial score (nSPS) is 14.3. The number of nitrogens with zero attached hydrogens (tertiary/aromatic N) is 6. The second kappa shape index (κ2) is 12.3. The number of hydrogen-bond donors (Lipinski definition) is 2. The van der Waals surface area contributed by atoms with Crippen molar-refractivity contribution in [2.75, 3.05) is 68.3 Å². The maximum absolute atomic E-state index is 15.1.